The van der Waals surface area contributed by atoms with E-state index in [1.807, 2.05) is 0 Å². The number of carbonyl (C=O) groups is 2. The second-order valence-electron chi connectivity index (χ2n) is 4.83. The summed E-state index contributed by atoms with van der Waals surface area (Å²) < 4.78 is 0. The predicted octanol–water partition coefficient (Wildman–Crippen LogP) is 1.96. The summed E-state index contributed by atoms with van der Waals surface area (Å²) >= 11 is 0. The minimum atomic E-state index is -0.630. The maximum Gasteiger partial charge on any atom is 0.333 e. The Morgan fingerprint density at radius 1 is 1.12 bits per heavy atom. The van der Waals surface area contributed by atoms with E-state index in [0.29, 0.717) is 11.4 Å². The topological polar surface area (TPSA) is 82.6 Å². The van der Waals surface area contributed by atoms with Crippen LogP contribution in [0.5, 0.6) is 0 Å². The number of amides is 4. The molecule has 2 rings (SSSR count). The summed E-state index contributed by atoms with van der Waals surface area (Å²) in [5.74, 6) is 0. The minimum Gasteiger partial charge on any atom is -0.340 e. The Bertz CT molecular complexity index is 691. The van der Waals surface area contributed by atoms with E-state index < -0.39 is 12.1 Å². The smallest absolute Gasteiger partial charge is 0.333 e. The molecule has 4 amide bonds. The van der Waals surface area contributed by atoms with Crippen molar-refractivity contribution in [2.45, 2.75) is 6.54 Å². The van der Waals surface area contributed by atoms with Crippen LogP contribution in [0.1, 0.15) is 5.69 Å². The summed E-state index contributed by atoms with van der Waals surface area (Å²) in [5.41, 5.74) is 1.00. The number of aromatic nitrogens is 1. The molecule has 1 aromatic carbocycles. The van der Waals surface area contributed by atoms with Crippen LogP contribution in [0.2, 0.25) is 0 Å². The zero-order chi connectivity index (χ0) is 17.4. The number of hydrogen-bond acceptors (Lipinski definition) is 4. The molecule has 0 bridgehead atoms. The molecule has 1 radical (unpaired) electrons. The van der Waals surface area contributed by atoms with Crippen molar-refractivity contribution in [2.75, 3.05) is 18.5 Å². The summed E-state index contributed by atoms with van der Waals surface area (Å²) in [6, 6.07) is 12.5. The van der Waals surface area contributed by atoms with Crippen LogP contribution in [-0.4, -0.2) is 41.8 Å². The van der Waals surface area contributed by atoms with Gasteiger partial charge >= 0.3 is 12.1 Å². The number of urea groups is 2. The zero-order valence-electron chi connectivity index (χ0n) is 13.2. The SMILES string of the molecule is CNC(=O)N(C(=O)N(C[C]=O)Cc1ccccn1)c1ccccc1. The number of benzene rings is 1. The molecule has 1 N–H and O–H groups in total. The summed E-state index contributed by atoms with van der Waals surface area (Å²) in [7, 11) is 1.43. The van der Waals surface area contributed by atoms with Gasteiger partial charge in [-0.2, -0.15) is 0 Å². The van der Waals surface area contributed by atoms with Crippen molar-refractivity contribution in [2.24, 2.45) is 0 Å². The first-order chi connectivity index (χ1) is 11.7. The van der Waals surface area contributed by atoms with Crippen molar-refractivity contribution in [3.05, 3.63) is 60.4 Å². The Morgan fingerprint density at radius 2 is 1.83 bits per heavy atom. The molecule has 0 spiro atoms. The van der Waals surface area contributed by atoms with Crippen LogP contribution in [0.25, 0.3) is 0 Å². The van der Waals surface area contributed by atoms with Crippen molar-refractivity contribution in [3.8, 4) is 0 Å². The van der Waals surface area contributed by atoms with E-state index in [9.17, 15) is 14.4 Å². The summed E-state index contributed by atoms with van der Waals surface area (Å²) in [6.07, 6.45) is 3.29. The molecule has 0 aliphatic rings. The van der Waals surface area contributed by atoms with E-state index in [1.165, 1.54) is 11.9 Å². The van der Waals surface area contributed by atoms with Gasteiger partial charge in [-0.3, -0.25) is 9.78 Å². The molecule has 0 unspecified atom stereocenters. The summed E-state index contributed by atoms with van der Waals surface area (Å²) in [6.45, 7) is -0.176. The highest BCUT2D eigenvalue weighted by molar-refractivity contribution is 6.13. The lowest BCUT2D eigenvalue weighted by Gasteiger charge is -2.27. The maximum atomic E-state index is 12.8. The highest BCUT2D eigenvalue weighted by Gasteiger charge is 2.27. The third-order valence-corrected chi connectivity index (χ3v) is 3.23. The van der Waals surface area contributed by atoms with Gasteiger partial charge in [-0.05, 0) is 24.3 Å². The molecule has 0 fully saturated rings. The molecule has 1 aromatic heterocycles. The molecule has 7 heteroatoms. The van der Waals surface area contributed by atoms with E-state index in [-0.39, 0.29) is 13.1 Å². The first-order valence-electron chi connectivity index (χ1n) is 7.28. The maximum absolute atomic E-state index is 12.8. The molecule has 0 atom stereocenters. The number of para-hydroxylation sites is 1. The average molecular weight is 325 g/mol. The Balaban J connectivity index is 2.30. The van der Waals surface area contributed by atoms with Crippen LogP contribution in [0.15, 0.2) is 54.7 Å². The molecular formula is C17H17N4O3. The number of imide groups is 1. The third kappa shape index (κ3) is 4.16. The number of nitrogens with one attached hydrogen (secondary N) is 1. The Morgan fingerprint density at radius 3 is 2.42 bits per heavy atom. The number of anilines is 1. The van der Waals surface area contributed by atoms with Crippen molar-refractivity contribution in [1.29, 1.82) is 0 Å². The van der Waals surface area contributed by atoms with Crippen LogP contribution in [0.4, 0.5) is 15.3 Å². The fourth-order valence-corrected chi connectivity index (χ4v) is 2.10. The molecule has 0 saturated carbocycles. The van der Waals surface area contributed by atoms with E-state index in [0.717, 1.165) is 4.90 Å². The molecular weight excluding hydrogens is 308 g/mol. The van der Waals surface area contributed by atoms with E-state index in [2.05, 4.69) is 10.3 Å². The Kier molecular flexibility index (Phi) is 6.01. The van der Waals surface area contributed by atoms with E-state index in [4.69, 9.17) is 0 Å². The quantitative estimate of drug-likeness (QED) is 0.911. The standard InChI is InChI=1S/C17H17N4O3/c1-18-16(23)21(15-8-3-2-4-9-15)17(24)20(11-12-22)13-14-7-5-6-10-19-14/h2-10H,11,13H2,1H3,(H,18,23). The third-order valence-electron chi connectivity index (χ3n) is 3.23. The number of hydrogen-bond donors (Lipinski definition) is 1. The monoisotopic (exact) mass is 325 g/mol. The van der Waals surface area contributed by atoms with Gasteiger partial charge in [-0.1, -0.05) is 24.3 Å². The van der Waals surface area contributed by atoms with Gasteiger partial charge in [0.1, 0.15) is 0 Å². The van der Waals surface area contributed by atoms with Gasteiger partial charge in [0.2, 0.25) is 6.29 Å². The van der Waals surface area contributed by atoms with Crippen molar-refractivity contribution >= 4 is 24.0 Å². The van der Waals surface area contributed by atoms with Crippen LogP contribution in [0.3, 0.4) is 0 Å². The largest absolute Gasteiger partial charge is 0.340 e. The number of nitrogens with zero attached hydrogens (tertiary/aromatic N) is 3. The van der Waals surface area contributed by atoms with Crippen LogP contribution in [0, 0.1) is 0 Å². The molecule has 7 nitrogen and oxygen atoms in total. The Labute approximate surface area is 139 Å². The molecule has 2 aromatic rings. The molecule has 0 saturated heterocycles. The van der Waals surface area contributed by atoms with Gasteiger partial charge in [0.05, 0.1) is 24.5 Å². The second-order valence-corrected chi connectivity index (χ2v) is 4.83. The number of pyridine rings is 1. The van der Waals surface area contributed by atoms with Crippen LogP contribution in [-0.2, 0) is 11.3 Å². The molecule has 0 aliphatic carbocycles. The first-order valence-corrected chi connectivity index (χ1v) is 7.28. The van der Waals surface area contributed by atoms with Crippen molar-refractivity contribution in [1.82, 2.24) is 15.2 Å². The van der Waals surface area contributed by atoms with Gasteiger partial charge in [0.15, 0.2) is 0 Å². The molecule has 1 heterocycles. The van der Waals surface area contributed by atoms with Gasteiger partial charge < -0.3 is 10.2 Å². The molecule has 24 heavy (non-hydrogen) atoms. The lowest BCUT2D eigenvalue weighted by Crippen LogP contribution is -2.50. The van der Waals surface area contributed by atoms with Gasteiger partial charge in [-0.25, -0.2) is 14.5 Å². The highest BCUT2D eigenvalue weighted by atomic mass is 16.2. The lowest BCUT2D eigenvalue weighted by atomic mass is 10.3. The normalized spacial score (nSPS) is 9.88. The van der Waals surface area contributed by atoms with Gasteiger partial charge in [0.25, 0.3) is 0 Å². The van der Waals surface area contributed by atoms with Gasteiger partial charge in [-0.15, -0.1) is 0 Å². The average Bonchev–Trinajstić information content (AvgIpc) is 2.63. The van der Waals surface area contributed by atoms with Crippen molar-refractivity contribution < 1.29 is 14.4 Å². The predicted molar refractivity (Wildman–Crippen MR) is 89.1 cm³/mol. The fourth-order valence-electron chi connectivity index (χ4n) is 2.10. The van der Waals surface area contributed by atoms with Crippen LogP contribution >= 0.6 is 0 Å². The first kappa shape index (κ1) is 17.1. The van der Waals surface area contributed by atoms with Gasteiger partial charge in [0, 0.05) is 13.2 Å². The lowest BCUT2D eigenvalue weighted by molar-refractivity contribution is 0.205. The fraction of sp³-hybridized carbons (Fsp3) is 0.176. The number of carbonyl (C=O) groups excluding carboxylic acids is 3. The minimum absolute atomic E-state index is 0.0925. The Hall–Kier alpha value is -3.22. The summed E-state index contributed by atoms with van der Waals surface area (Å²) in [5, 5.41) is 2.43. The van der Waals surface area contributed by atoms with E-state index in [1.54, 1.807) is 61.0 Å². The van der Waals surface area contributed by atoms with Crippen molar-refractivity contribution in [3.63, 3.8) is 0 Å². The van der Waals surface area contributed by atoms with Crippen LogP contribution < -0.4 is 10.2 Å². The summed E-state index contributed by atoms with van der Waals surface area (Å²) in [4.78, 5) is 42.2. The molecule has 0 aliphatic heterocycles. The number of rotatable bonds is 5. The van der Waals surface area contributed by atoms with E-state index >= 15 is 0 Å². The zero-order valence-corrected chi connectivity index (χ0v) is 13.2. The molecule has 123 valence electrons. The second kappa shape index (κ2) is 8.42. The highest BCUT2D eigenvalue weighted by Crippen LogP contribution is 2.16.